The fraction of sp³-hybridized carbons (Fsp3) is 0.333. The van der Waals surface area contributed by atoms with Gasteiger partial charge in [-0.05, 0) is 22.6 Å². The molecule has 176 valence electrons. The van der Waals surface area contributed by atoms with Gasteiger partial charge in [0.25, 0.3) is 5.56 Å². The van der Waals surface area contributed by atoms with E-state index in [1.165, 1.54) is 17.2 Å². The molecular formula is C27H29N3O4. The van der Waals surface area contributed by atoms with Gasteiger partial charge in [-0.25, -0.2) is 4.79 Å². The summed E-state index contributed by atoms with van der Waals surface area (Å²) in [5, 5.41) is 11.1. The Balaban J connectivity index is 1.89. The zero-order valence-corrected chi connectivity index (χ0v) is 20.1. The minimum atomic E-state index is -0.613. The van der Waals surface area contributed by atoms with E-state index in [-0.39, 0.29) is 16.7 Å². The van der Waals surface area contributed by atoms with Crippen molar-refractivity contribution in [1.82, 2.24) is 13.7 Å². The predicted molar refractivity (Wildman–Crippen MR) is 132 cm³/mol. The third kappa shape index (κ3) is 3.22. The second-order valence-corrected chi connectivity index (χ2v) is 9.95. The molecular weight excluding hydrogens is 430 g/mol. The summed E-state index contributed by atoms with van der Waals surface area (Å²) in [6.45, 7) is 7.43. The van der Waals surface area contributed by atoms with Gasteiger partial charge in [0.2, 0.25) is 0 Å². The Hall–Kier alpha value is -3.58. The SMILES string of the molecule is Cn1c(=O)c2c(-c3ccc(C(C)(C)C)cc3)n3c(c2n(C)c1=O)[C@@H](c1ccccc1O)OCC3. The molecule has 0 amide bonds. The maximum Gasteiger partial charge on any atom is 0.331 e. The number of aromatic hydroxyl groups is 1. The number of rotatable bonds is 2. The molecule has 0 saturated carbocycles. The highest BCUT2D eigenvalue weighted by molar-refractivity contribution is 5.96. The van der Waals surface area contributed by atoms with E-state index in [9.17, 15) is 14.7 Å². The highest BCUT2D eigenvalue weighted by atomic mass is 16.5. The molecule has 34 heavy (non-hydrogen) atoms. The van der Waals surface area contributed by atoms with Gasteiger partial charge in [0.15, 0.2) is 0 Å². The molecule has 1 N–H and O–H groups in total. The van der Waals surface area contributed by atoms with Gasteiger partial charge >= 0.3 is 5.69 Å². The van der Waals surface area contributed by atoms with Crippen LogP contribution in [0.25, 0.3) is 22.2 Å². The number of fused-ring (bicyclic) bond motifs is 3. The number of phenols is 1. The fourth-order valence-electron chi connectivity index (χ4n) is 4.95. The molecule has 5 rings (SSSR count). The van der Waals surface area contributed by atoms with Crippen LogP contribution in [0.4, 0.5) is 0 Å². The minimum Gasteiger partial charge on any atom is -0.508 e. The van der Waals surface area contributed by atoms with E-state index >= 15 is 0 Å². The molecule has 7 heteroatoms. The number of hydrogen-bond donors (Lipinski definition) is 1. The van der Waals surface area contributed by atoms with Crippen molar-refractivity contribution in [1.29, 1.82) is 0 Å². The number of benzene rings is 2. The first kappa shape index (κ1) is 22.2. The van der Waals surface area contributed by atoms with E-state index in [0.717, 1.165) is 15.8 Å². The molecule has 7 nitrogen and oxygen atoms in total. The van der Waals surface area contributed by atoms with Crippen LogP contribution in [0.5, 0.6) is 5.75 Å². The largest absolute Gasteiger partial charge is 0.508 e. The fourth-order valence-corrected chi connectivity index (χ4v) is 4.95. The van der Waals surface area contributed by atoms with Crippen LogP contribution in [0.3, 0.4) is 0 Å². The van der Waals surface area contributed by atoms with Crippen LogP contribution in [-0.4, -0.2) is 25.4 Å². The highest BCUT2D eigenvalue weighted by Gasteiger charge is 2.34. The Bertz CT molecular complexity index is 1530. The van der Waals surface area contributed by atoms with Crippen LogP contribution in [0, 0.1) is 0 Å². The Kier molecular flexibility index (Phi) is 5.06. The zero-order valence-electron chi connectivity index (χ0n) is 20.1. The Labute approximate surface area is 197 Å². The molecule has 4 aromatic rings. The molecule has 0 saturated heterocycles. The number of aryl methyl sites for hydroxylation is 1. The van der Waals surface area contributed by atoms with Crippen molar-refractivity contribution >= 4 is 10.9 Å². The standard InChI is InChI=1S/C27H29N3O4/c1-27(2,3)17-12-10-16(11-13-17)21-20-22(28(4)26(33)29(5)25(20)32)23-24(34-15-14-30(21)23)18-8-6-7-9-19(18)31/h6-13,24,31H,14-15H2,1-5H3/t24-/m1/s1. The van der Waals surface area contributed by atoms with E-state index < -0.39 is 11.8 Å². The van der Waals surface area contributed by atoms with Crippen LogP contribution in [0.1, 0.15) is 43.7 Å². The molecule has 0 fully saturated rings. The summed E-state index contributed by atoms with van der Waals surface area (Å²) in [5.41, 5.74) is 3.97. The molecule has 0 bridgehead atoms. The van der Waals surface area contributed by atoms with Gasteiger partial charge in [-0.15, -0.1) is 0 Å². The van der Waals surface area contributed by atoms with E-state index in [0.29, 0.717) is 35.3 Å². The number of ether oxygens (including phenoxy) is 1. The first-order valence-electron chi connectivity index (χ1n) is 11.4. The molecule has 2 aromatic heterocycles. The maximum atomic E-state index is 13.5. The number of phenolic OH excluding ortho intramolecular Hbond substituents is 1. The maximum absolute atomic E-state index is 13.5. The summed E-state index contributed by atoms with van der Waals surface area (Å²) in [7, 11) is 3.18. The summed E-state index contributed by atoms with van der Waals surface area (Å²) in [6, 6.07) is 15.3. The molecule has 1 atom stereocenters. The van der Waals surface area contributed by atoms with Crippen molar-refractivity contribution in [2.24, 2.45) is 14.1 Å². The molecule has 1 aliphatic heterocycles. The van der Waals surface area contributed by atoms with Gasteiger partial charge in [-0.3, -0.25) is 13.9 Å². The molecule has 2 aromatic carbocycles. The third-order valence-electron chi connectivity index (χ3n) is 6.80. The van der Waals surface area contributed by atoms with Gasteiger partial charge in [0.05, 0.1) is 28.9 Å². The monoisotopic (exact) mass is 459 g/mol. The van der Waals surface area contributed by atoms with Crippen molar-refractivity contribution in [2.75, 3.05) is 6.61 Å². The van der Waals surface area contributed by atoms with Gasteiger partial charge in [-0.2, -0.15) is 0 Å². The van der Waals surface area contributed by atoms with Crippen molar-refractivity contribution in [3.63, 3.8) is 0 Å². The first-order valence-corrected chi connectivity index (χ1v) is 11.4. The van der Waals surface area contributed by atoms with E-state index in [1.807, 2.05) is 24.3 Å². The Morgan fingerprint density at radius 2 is 1.65 bits per heavy atom. The van der Waals surface area contributed by atoms with Crippen molar-refractivity contribution in [3.8, 4) is 17.0 Å². The van der Waals surface area contributed by atoms with Crippen LogP contribution in [-0.2, 0) is 30.8 Å². The van der Waals surface area contributed by atoms with Crippen LogP contribution in [0.2, 0.25) is 0 Å². The number of aromatic nitrogens is 3. The van der Waals surface area contributed by atoms with Gasteiger partial charge in [-0.1, -0.05) is 63.2 Å². The lowest BCUT2D eigenvalue weighted by Crippen LogP contribution is -2.37. The van der Waals surface area contributed by atoms with Crippen LogP contribution in [0.15, 0.2) is 58.1 Å². The van der Waals surface area contributed by atoms with Gasteiger partial charge in [0.1, 0.15) is 11.9 Å². The van der Waals surface area contributed by atoms with E-state index in [1.54, 1.807) is 19.2 Å². The topological polar surface area (TPSA) is 78.4 Å². The van der Waals surface area contributed by atoms with Crippen LogP contribution >= 0.6 is 0 Å². The predicted octanol–water partition coefficient (Wildman–Crippen LogP) is 3.83. The summed E-state index contributed by atoms with van der Waals surface area (Å²) in [5.74, 6) is 0.111. The van der Waals surface area contributed by atoms with E-state index in [2.05, 4.69) is 37.5 Å². The first-order chi connectivity index (χ1) is 16.1. The minimum absolute atomic E-state index is 0.00297. The molecule has 3 heterocycles. The second-order valence-electron chi connectivity index (χ2n) is 9.95. The average Bonchev–Trinajstić information content (AvgIpc) is 3.17. The van der Waals surface area contributed by atoms with Crippen molar-refractivity contribution in [3.05, 3.63) is 86.2 Å². The lowest BCUT2D eigenvalue weighted by Gasteiger charge is -2.28. The second kappa shape index (κ2) is 7.74. The molecule has 0 spiro atoms. The van der Waals surface area contributed by atoms with Gasteiger partial charge in [0, 0.05) is 26.2 Å². The highest BCUT2D eigenvalue weighted by Crippen LogP contribution is 2.42. The molecule has 1 aliphatic rings. The molecule has 0 radical (unpaired) electrons. The lowest BCUT2D eigenvalue weighted by atomic mass is 9.86. The third-order valence-corrected chi connectivity index (χ3v) is 6.80. The zero-order chi connectivity index (χ0) is 24.4. The number of hydrogen-bond acceptors (Lipinski definition) is 4. The lowest BCUT2D eigenvalue weighted by molar-refractivity contribution is 0.0464. The summed E-state index contributed by atoms with van der Waals surface area (Å²) < 4.78 is 10.9. The van der Waals surface area contributed by atoms with Crippen LogP contribution < -0.4 is 11.2 Å². The smallest absolute Gasteiger partial charge is 0.331 e. The number of para-hydroxylation sites is 1. The Morgan fingerprint density at radius 3 is 2.29 bits per heavy atom. The quantitative estimate of drug-likeness (QED) is 0.494. The van der Waals surface area contributed by atoms with Crippen molar-refractivity contribution < 1.29 is 9.84 Å². The summed E-state index contributed by atoms with van der Waals surface area (Å²) in [4.78, 5) is 26.4. The summed E-state index contributed by atoms with van der Waals surface area (Å²) in [6.07, 6.45) is -0.613. The normalized spacial score (nSPS) is 16.1. The van der Waals surface area contributed by atoms with E-state index in [4.69, 9.17) is 4.74 Å². The van der Waals surface area contributed by atoms with Gasteiger partial charge < -0.3 is 14.4 Å². The number of nitrogens with zero attached hydrogens (tertiary/aromatic N) is 3. The van der Waals surface area contributed by atoms with Crippen molar-refractivity contribution in [2.45, 2.75) is 38.8 Å². The average molecular weight is 460 g/mol. The molecule has 0 aliphatic carbocycles. The Morgan fingerprint density at radius 1 is 0.971 bits per heavy atom. The summed E-state index contributed by atoms with van der Waals surface area (Å²) >= 11 is 0. The molecule has 0 unspecified atom stereocenters.